The first-order valence-electron chi connectivity index (χ1n) is 6.85. The molecule has 3 rings (SSSR count). The molecule has 2 aliphatic carbocycles. The molecular formula is C15H15F3N2. The maximum absolute atomic E-state index is 12.9. The Morgan fingerprint density at radius 1 is 1.20 bits per heavy atom. The van der Waals surface area contributed by atoms with Crippen molar-refractivity contribution in [3.05, 3.63) is 29.3 Å². The summed E-state index contributed by atoms with van der Waals surface area (Å²) in [6.45, 7) is 0. The molecule has 0 heterocycles. The Kier molecular flexibility index (Phi) is 3.12. The van der Waals surface area contributed by atoms with Gasteiger partial charge in [-0.25, -0.2) is 0 Å². The van der Waals surface area contributed by atoms with Crippen molar-refractivity contribution in [2.45, 2.75) is 37.9 Å². The molecule has 106 valence electrons. The Bertz CT molecular complexity index is 559. The highest BCUT2D eigenvalue weighted by Crippen LogP contribution is 2.45. The van der Waals surface area contributed by atoms with Gasteiger partial charge in [-0.3, -0.25) is 0 Å². The number of halogens is 3. The quantitative estimate of drug-likeness (QED) is 0.882. The fourth-order valence-electron chi connectivity index (χ4n) is 3.60. The third-order valence-electron chi connectivity index (χ3n) is 4.54. The van der Waals surface area contributed by atoms with E-state index in [1.165, 1.54) is 25.3 Å². The van der Waals surface area contributed by atoms with Crippen LogP contribution in [0.4, 0.5) is 18.9 Å². The molecule has 0 aliphatic heterocycles. The molecule has 3 unspecified atom stereocenters. The molecule has 5 heteroatoms. The Morgan fingerprint density at radius 2 is 2.00 bits per heavy atom. The smallest absolute Gasteiger partial charge is 0.382 e. The zero-order valence-corrected chi connectivity index (χ0v) is 10.9. The molecule has 2 fully saturated rings. The fraction of sp³-hybridized carbons (Fsp3) is 0.533. The largest absolute Gasteiger partial charge is 0.417 e. The van der Waals surface area contributed by atoms with E-state index in [9.17, 15) is 13.2 Å². The number of alkyl halides is 3. The molecular weight excluding hydrogens is 265 g/mol. The molecule has 0 radical (unpaired) electrons. The lowest BCUT2D eigenvalue weighted by molar-refractivity contribution is -0.137. The van der Waals surface area contributed by atoms with E-state index in [1.807, 2.05) is 0 Å². The van der Waals surface area contributed by atoms with Crippen molar-refractivity contribution in [2.75, 3.05) is 5.32 Å². The normalized spacial score (nSPS) is 28.4. The van der Waals surface area contributed by atoms with Crippen LogP contribution in [0.5, 0.6) is 0 Å². The number of anilines is 1. The second-order valence-electron chi connectivity index (χ2n) is 5.80. The second-order valence-corrected chi connectivity index (χ2v) is 5.80. The van der Waals surface area contributed by atoms with Crippen LogP contribution in [0.1, 0.15) is 36.8 Å². The Balaban J connectivity index is 1.83. The molecule has 0 saturated heterocycles. The molecule has 0 amide bonds. The minimum Gasteiger partial charge on any atom is -0.382 e. The van der Waals surface area contributed by atoms with Gasteiger partial charge in [-0.1, -0.05) is 6.42 Å². The van der Waals surface area contributed by atoms with Crippen LogP contribution in [-0.2, 0) is 6.18 Å². The lowest BCUT2D eigenvalue weighted by Gasteiger charge is -2.24. The monoisotopic (exact) mass is 280 g/mol. The van der Waals surface area contributed by atoms with Crippen LogP contribution in [0.3, 0.4) is 0 Å². The highest BCUT2D eigenvalue weighted by molar-refractivity contribution is 5.53. The van der Waals surface area contributed by atoms with E-state index in [2.05, 4.69) is 5.32 Å². The van der Waals surface area contributed by atoms with Gasteiger partial charge in [0.1, 0.15) is 0 Å². The molecule has 0 aromatic heterocycles. The zero-order valence-electron chi connectivity index (χ0n) is 10.9. The van der Waals surface area contributed by atoms with Gasteiger partial charge < -0.3 is 5.32 Å². The van der Waals surface area contributed by atoms with E-state index in [4.69, 9.17) is 5.26 Å². The summed E-state index contributed by atoms with van der Waals surface area (Å²) in [4.78, 5) is 0. The Hall–Kier alpha value is -1.70. The highest BCUT2D eigenvalue weighted by atomic mass is 19.4. The number of benzene rings is 1. The molecule has 2 nitrogen and oxygen atoms in total. The summed E-state index contributed by atoms with van der Waals surface area (Å²) in [5.74, 6) is 1.32. The summed E-state index contributed by atoms with van der Waals surface area (Å²) in [7, 11) is 0. The lowest BCUT2D eigenvalue weighted by atomic mass is 9.95. The molecule has 0 spiro atoms. The number of fused-ring (bicyclic) bond motifs is 2. The van der Waals surface area contributed by atoms with Crippen molar-refractivity contribution in [1.82, 2.24) is 0 Å². The number of nitrogens with zero attached hydrogens (tertiary/aromatic N) is 1. The molecule has 1 aromatic carbocycles. The van der Waals surface area contributed by atoms with Gasteiger partial charge in [-0.05, 0) is 49.3 Å². The number of rotatable bonds is 2. The van der Waals surface area contributed by atoms with Crippen LogP contribution in [0.25, 0.3) is 0 Å². The van der Waals surface area contributed by atoms with Crippen molar-refractivity contribution in [2.24, 2.45) is 11.8 Å². The predicted molar refractivity (Wildman–Crippen MR) is 69.0 cm³/mol. The Morgan fingerprint density at radius 3 is 2.55 bits per heavy atom. The topological polar surface area (TPSA) is 35.8 Å². The van der Waals surface area contributed by atoms with E-state index in [0.717, 1.165) is 18.4 Å². The second kappa shape index (κ2) is 4.69. The number of hydrogen-bond donors (Lipinski definition) is 1. The summed E-state index contributed by atoms with van der Waals surface area (Å²) < 4.78 is 38.7. The summed E-state index contributed by atoms with van der Waals surface area (Å²) in [6.07, 6.45) is 0.179. The first-order valence-corrected chi connectivity index (χ1v) is 6.85. The molecule has 2 saturated carbocycles. The van der Waals surface area contributed by atoms with Crippen LogP contribution in [0, 0.1) is 23.2 Å². The van der Waals surface area contributed by atoms with E-state index in [1.54, 1.807) is 12.1 Å². The molecule has 20 heavy (non-hydrogen) atoms. The lowest BCUT2D eigenvalue weighted by Crippen LogP contribution is -2.26. The van der Waals surface area contributed by atoms with Gasteiger partial charge in [0.15, 0.2) is 0 Å². The highest BCUT2D eigenvalue weighted by Gasteiger charge is 2.40. The van der Waals surface area contributed by atoms with Crippen molar-refractivity contribution >= 4 is 5.69 Å². The minimum absolute atomic E-state index is 0.280. The molecule has 2 bridgehead atoms. The van der Waals surface area contributed by atoms with Gasteiger partial charge in [0.2, 0.25) is 0 Å². The number of nitrogens with one attached hydrogen (secondary N) is 1. The SMILES string of the molecule is N#Cc1ccc(NC2CC3CCC2C3)cc1C(F)(F)F. The summed E-state index contributed by atoms with van der Waals surface area (Å²) in [5, 5.41) is 12.0. The van der Waals surface area contributed by atoms with E-state index < -0.39 is 11.7 Å². The predicted octanol–water partition coefficient (Wildman–Crippen LogP) is 4.18. The summed E-state index contributed by atoms with van der Waals surface area (Å²) in [5.41, 5.74) is -0.710. The number of nitriles is 1. The first kappa shape index (κ1) is 13.3. The van der Waals surface area contributed by atoms with E-state index in [-0.39, 0.29) is 11.6 Å². The van der Waals surface area contributed by atoms with Gasteiger partial charge in [0.05, 0.1) is 17.2 Å². The van der Waals surface area contributed by atoms with Crippen molar-refractivity contribution in [3.63, 3.8) is 0 Å². The third-order valence-corrected chi connectivity index (χ3v) is 4.54. The van der Waals surface area contributed by atoms with Crippen LogP contribution >= 0.6 is 0 Å². The standard InChI is InChI=1S/C15H15F3N2/c16-15(17,18)13-7-12(4-3-11(13)8-19)20-14-6-9-1-2-10(14)5-9/h3-4,7,9-10,14,20H,1-2,5-6H2. The first-order chi connectivity index (χ1) is 9.47. The molecule has 3 atom stereocenters. The van der Waals surface area contributed by atoms with Gasteiger partial charge in [0, 0.05) is 11.7 Å². The average Bonchev–Trinajstić information content (AvgIpc) is 3.00. The minimum atomic E-state index is -4.49. The van der Waals surface area contributed by atoms with Gasteiger partial charge in [-0.15, -0.1) is 0 Å². The Labute approximate surface area is 115 Å². The van der Waals surface area contributed by atoms with E-state index >= 15 is 0 Å². The molecule has 2 aliphatic rings. The summed E-state index contributed by atoms with van der Waals surface area (Å²) >= 11 is 0. The number of hydrogen-bond acceptors (Lipinski definition) is 2. The van der Waals surface area contributed by atoms with Gasteiger partial charge >= 0.3 is 6.18 Å². The third kappa shape index (κ3) is 2.35. The van der Waals surface area contributed by atoms with Gasteiger partial charge in [0.25, 0.3) is 0 Å². The summed E-state index contributed by atoms with van der Waals surface area (Å²) in [6, 6.07) is 5.76. The maximum Gasteiger partial charge on any atom is 0.417 e. The van der Waals surface area contributed by atoms with Crippen molar-refractivity contribution in [1.29, 1.82) is 5.26 Å². The van der Waals surface area contributed by atoms with Crippen LogP contribution in [-0.4, -0.2) is 6.04 Å². The maximum atomic E-state index is 12.9. The van der Waals surface area contributed by atoms with Gasteiger partial charge in [-0.2, -0.15) is 18.4 Å². The van der Waals surface area contributed by atoms with Crippen molar-refractivity contribution < 1.29 is 13.2 Å². The fourth-order valence-corrected chi connectivity index (χ4v) is 3.60. The van der Waals surface area contributed by atoms with Crippen LogP contribution in [0.2, 0.25) is 0 Å². The average molecular weight is 280 g/mol. The molecule has 1 N–H and O–H groups in total. The molecule has 1 aromatic rings. The zero-order chi connectivity index (χ0) is 14.3. The van der Waals surface area contributed by atoms with Crippen molar-refractivity contribution in [3.8, 4) is 6.07 Å². The van der Waals surface area contributed by atoms with E-state index in [0.29, 0.717) is 11.6 Å². The van der Waals surface area contributed by atoms with Crippen LogP contribution < -0.4 is 5.32 Å². The van der Waals surface area contributed by atoms with Crippen LogP contribution in [0.15, 0.2) is 18.2 Å².